The first-order valence-corrected chi connectivity index (χ1v) is 7.51. The maximum absolute atomic E-state index is 5.59. The molecule has 1 aliphatic heterocycles. The molecule has 3 rings (SSSR count). The number of benzene rings is 2. The van der Waals surface area contributed by atoms with Crippen molar-refractivity contribution in [1.82, 2.24) is 0 Å². The Kier molecular flexibility index (Phi) is 4.20. The maximum atomic E-state index is 5.59. The average molecular weight is 350 g/mol. The Morgan fingerprint density at radius 1 is 1.10 bits per heavy atom. The van der Waals surface area contributed by atoms with Crippen LogP contribution in [0.15, 0.2) is 40.9 Å². The first-order valence-electron chi connectivity index (χ1n) is 6.72. The number of fused-ring (bicyclic) bond motifs is 1. The smallest absolute Gasteiger partial charge is 0.161 e. The molecule has 4 nitrogen and oxygen atoms in total. The van der Waals surface area contributed by atoms with E-state index >= 15 is 0 Å². The first-order chi connectivity index (χ1) is 10.3. The summed E-state index contributed by atoms with van der Waals surface area (Å²) in [5.41, 5.74) is 2.12. The summed E-state index contributed by atoms with van der Waals surface area (Å²) in [7, 11) is 1.66. The van der Waals surface area contributed by atoms with Crippen LogP contribution < -0.4 is 19.5 Å². The Balaban J connectivity index is 1.73. The van der Waals surface area contributed by atoms with E-state index in [-0.39, 0.29) is 0 Å². The van der Waals surface area contributed by atoms with Gasteiger partial charge in [-0.3, -0.25) is 0 Å². The summed E-state index contributed by atoms with van der Waals surface area (Å²) in [5.74, 6) is 2.45. The molecule has 0 amide bonds. The fourth-order valence-electron chi connectivity index (χ4n) is 2.16. The molecule has 110 valence electrons. The van der Waals surface area contributed by atoms with Gasteiger partial charge in [0.05, 0.1) is 12.8 Å². The highest BCUT2D eigenvalue weighted by molar-refractivity contribution is 9.10. The number of hydrogen-bond acceptors (Lipinski definition) is 4. The van der Waals surface area contributed by atoms with Crippen molar-refractivity contribution in [3.05, 3.63) is 46.4 Å². The number of anilines is 1. The zero-order valence-electron chi connectivity index (χ0n) is 11.7. The van der Waals surface area contributed by atoms with E-state index in [0.717, 1.165) is 33.0 Å². The highest BCUT2D eigenvalue weighted by Crippen LogP contribution is 2.32. The second-order valence-electron chi connectivity index (χ2n) is 4.68. The fraction of sp³-hybridized carbons (Fsp3) is 0.250. The van der Waals surface area contributed by atoms with Gasteiger partial charge in [-0.2, -0.15) is 0 Å². The van der Waals surface area contributed by atoms with Crippen molar-refractivity contribution in [1.29, 1.82) is 0 Å². The largest absolute Gasteiger partial charge is 0.497 e. The SMILES string of the molecule is COc1ccc(Br)c(NCc2ccc3c(c2)OCCO3)c1. The highest BCUT2D eigenvalue weighted by atomic mass is 79.9. The van der Waals surface area contributed by atoms with Gasteiger partial charge in [-0.05, 0) is 45.8 Å². The topological polar surface area (TPSA) is 39.7 Å². The number of nitrogens with one attached hydrogen (secondary N) is 1. The molecule has 0 aromatic heterocycles. The molecular weight excluding hydrogens is 334 g/mol. The second-order valence-corrected chi connectivity index (χ2v) is 5.53. The minimum atomic E-state index is 0.602. The van der Waals surface area contributed by atoms with Crippen LogP contribution in [0.1, 0.15) is 5.56 Å². The van der Waals surface area contributed by atoms with Crippen molar-refractivity contribution in [2.45, 2.75) is 6.54 Å². The van der Waals surface area contributed by atoms with Gasteiger partial charge < -0.3 is 19.5 Å². The molecule has 1 aliphatic rings. The van der Waals surface area contributed by atoms with E-state index in [0.29, 0.717) is 19.8 Å². The summed E-state index contributed by atoms with van der Waals surface area (Å²) < 4.78 is 17.4. The van der Waals surface area contributed by atoms with Gasteiger partial charge in [0.25, 0.3) is 0 Å². The van der Waals surface area contributed by atoms with Crippen LogP contribution in [0.3, 0.4) is 0 Å². The molecule has 0 fully saturated rings. The predicted octanol–water partition coefficient (Wildman–Crippen LogP) is 3.84. The van der Waals surface area contributed by atoms with Crippen LogP contribution >= 0.6 is 15.9 Å². The molecule has 2 aromatic rings. The predicted molar refractivity (Wildman–Crippen MR) is 85.5 cm³/mol. The van der Waals surface area contributed by atoms with Crippen LogP contribution in [0.4, 0.5) is 5.69 Å². The average Bonchev–Trinajstić information content (AvgIpc) is 2.54. The van der Waals surface area contributed by atoms with E-state index in [9.17, 15) is 0 Å². The molecule has 0 aliphatic carbocycles. The normalized spacial score (nSPS) is 12.9. The van der Waals surface area contributed by atoms with Gasteiger partial charge in [0, 0.05) is 17.1 Å². The van der Waals surface area contributed by atoms with Crippen molar-refractivity contribution < 1.29 is 14.2 Å². The van der Waals surface area contributed by atoms with Crippen molar-refractivity contribution >= 4 is 21.6 Å². The molecule has 0 unspecified atom stereocenters. The van der Waals surface area contributed by atoms with Gasteiger partial charge in [-0.15, -0.1) is 0 Å². The van der Waals surface area contributed by atoms with Crippen molar-refractivity contribution in [3.8, 4) is 17.2 Å². The van der Waals surface area contributed by atoms with E-state index in [4.69, 9.17) is 14.2 Å². The third-order valence-corrected chi connectivity index (χ3v) is 3.95. The van der Waals surface area contributed by atoms with Gasteiger partial charge >= 0.3 is 0 Å². The molecular formula is C16H16BrNO3. The molecule has 0 spiro atoms. The summed E-state index contributed by atoms with van der Waals surface area (Å²) >= 11 is 3.53. The number of rotatable bonds is 4. The molecule has 0 radical (unpaired) electrons. The molecule has 5 heteroatoms. The maximum Gasteiger partial charge on any atom is 0.161 e. The minimum absolute atomic E-state index is 0.602. The molecule has 0 atom stereocenters. The summed E-state index contributed by atoms with van der Waals surface area (Å²) in [5, 5.41) is 3.39. The van der Waals surface area contributed by atoms with E-state index in [1.807, 2.05) is 36.4 Å². The second kappa shape index (κ2) is 6.26. The molecule has 2 aromatic carbocycles. The molecule has 1 N–H and O–H groups in total. The lowest BCUT2D eigenvalue weighted by Crippen LogP contribution is -2.15. The Labute approximate surface area is 132 Å². The Bertz CT molecular complexity index is 645. The van der Waals surface area contributed by atoms with Gasteiger partial charge in [0.15, 0.2) is 11.5 Å². The standard InChI is InChI=1S/C16H16BrNO3/c1-19-12-3-4-13(17)14(9-12)18-10-11-2-5-15-16(8-11)21-7-6-20-15/h2-5,8-9,18H,6-7,10H2,1H3. The van der Waals surface area contributed by atoms with Crippen LogP contribution in [0, 0.1) is 0 Å². The van der Waals surface area contributed by atoms with Crippen LogP contribution in [0.25, 0.3) is 0 Å². The number of hydrogen-bond donors (Lipinski definition) is 1. The fourth-order valence-corrected chi connectivity index (χ4v) is 2.55. The van der Waals surface area contributed by atoms with E-state index < -0.39 is 0 Å². The molecule has 21 heavy (non-hydrogen) atoms. The lowest BCUT2D eigenvalue weighted by molar-refractivity contribution is 0.171. The summed E-state index contributed by atoms with van der Waals surface area (Å²) in [4.78, 5) is 0. The summed E-state index contributed by atoms with van der Waals surface area (Å²) in [6.07, 6.45) is 0. The van der Waals surface area contributed by atoms with Crippen LogP contribution in [0.2, 0.25) is 0 Å². The number of halogens is 1. The van der Waals surface area contributed by atoms with Crippen LogP contribution in [-0.2, 0) is 6.54 Å². The van der Waals surface area contributed by atoms with Gasteiger partial charge in [-0.1, -0.05) is 6.07 Å². The first kappa shape index (κ1) is 14.1. The zero-order chi connectivity index (χ0) is 14.7. The Morgan fingerprint density at radius 3 is 2.71 bits per heavy atom. The van der Waals surface area contributed by atoms with E-state index in [1.165, 1.54) is 0 Å². The van der Waals surface area contributed by atoms with Gasteiger partial charge in [0.2, 0.25) is 0 Å². The third kappa shape index (κ3) is 3.24. The van der Waals surface area contributed by atoms with Crippen LogP contribution in [0.5, 0.6) is 17.2 Å². The van der Waals surface area contributed by atoms with E-state index in [1.54, 1.807) is 7.11 Å². The lowest BCUT2D eigenvalue weighted by Gasteiger charge is -2.19. The van der Waals surface area contributed by atoms with Crippen molar-refractivity contribution in [2.24, 2.45) is 0 Å². The van der Waals surface area contributed by atoms with Gasteiger partial charge in [-0.25, -0.2) is 0 Å². The molecule has 0 saturated heterocycles. The third-order valence-electron chi connectivity index (χ3n) is 3.26. The molecule has 1 heterocycles. The Hall–Kier alpha value is -1.88. The van der Waals surface area contributed by atoms with Gasteiger partial charge in [0.1, 0.15) is 19.0 Å². The van der Waals surface area contributed by atoms with Crippen molar-refractivity contribution in [2.75, 3.05) is 25.6 Å². The van der Waals surface area contributed by atoms with E-state index in [2.05, 4.69) is 21.2 Å². The number of methoxy groups -OCH3 is 1. The monoisotopic (exact) mass is 349 g/mol. The quantitative estimate of drug-likeness (QED) is 0.910. The minimum Gasteiger partial charge on any atom is -0.497 e. The van der Waals surface area contributed by atoms with Crippen LogP contribution in [-0.4, -0.2) is 20.3 Å². The number of ether oxygens (including phenoxy) is 3. The molecule has 0 saturated carbocycles. The highest BCUT2D eigenvalue weighted by Gasteiger charge is 2.11. The zero-order valence-corrected chi connectivity index (χ0v) is 13.3. The van der Waals surface area contributed by atoms with Crippen molar-refractivity contribution in [3.63, 3.8) is 0 Å². The Morgan fingerprint density at radius 2 is 1.90 bits per heavy atom. The summed E-state index contributed by atoms with van der Waals surface area (Å²) in [6, 6.07) is 11.8. The molecule has 0 bridgehead atoms. The lowest BCUT2D eigenvalue weighted by atomic mass is 10.2. The summed E-state index contributed by atoms with van der Waals surface area (Å²) in [6.45, 7) is 1.91.